The van der Waals surface area contributed by atoms with Crippen LogP contribution in [-0.4, -0.2) is 22.8 Å². The number of carbonyl (C=O) groups excluding carboxylic acids is 2. The molecule has 4 N–H and O–H groups in total. The molecule has 14 heavy (non-hydrogen) atoms. The van der Waals surface area contributed by atoms with Crippen molar-refractivity contribution < 1.29 is 19.5 Å². The fraction of sp³-hybridized carbons (Fsp3) is 0.625. The van der Waals surface area contributed by atoms with E-state index in [0.29, 0.717) is 12.8 Å². The summed E-state index contributed by atoms with van der Waals surface area (Å²) in [6, 6.07) is 0. The van der Waals surface area contributed by atoms with Crippen LogP contribution in [0.5, 0.6) is 0 Å². The Morgan fingerprint density at radius 3 is 2.50 bits per heavy atom. The zero-order valence-electron chi connectivity index (χ0n) is 7.58. The standard InChI is InChI=1S/C8H12N2O4/c9-10-6(12)8(7(13)14)4-2-1-3-5(8)11/h1-4,9H2,(H,10,12)(H,13,14). The molecule has 1 saturated carbocycles. The Kier molecular flexibility index (Phi) is 2.85. The van der Waals surface area contributed by atoms with E-state index in [4.69, 9.17) is 10.9 Å². The average molecular weight is 200 g/mol. The van der Waals surface area contributed by atoms with Gasteiger partial charge in [0, 0.05) is 6.42 Å². The van der Waals surface area contributed by atoms with E-state index in [0.717, 1.165) is 0 Å². The fourth-order valence-electron chi connectivity index (χ4n) is 1.72. The van der Waals surface area contributed by atoms with Crippen molar-refractivity contribution in [3.8, 4) is 0 Å². The smallest absolute Gasteiger partial charge is 0.326 e. The van der Waals surface area contributed by atoms with E-state index >= 15 is 0 Å². The summed E-state index contributed by atoms with van der Waals surface area (Å²) in [4.78, 5) is 33.7. The van der Waals surface area contributed by atoms with E-state index in [9.17, 15) is 14.4 Å². The fourth-order valence-corrected chi connectivity index (χ4v) is 1.72. The number of Topliss-reactive ketones (excluding diaryl/α,β-unsaturated/α-hetero) is 1. The molecule has 6 nitrogen and oxygen atoms in total. The number of aliphatic carboxylic acids is 1. The highest BCUT2D eigenvalue weighted by molar-refractivity contribution is 6.21. The van der Waals surface area contributed by atoms with Crippen molar-refractivity contribution in [2.75, 3.05) is 0 Å². The Labute approximate surface area is 80.4 Å². The first kappa shape index (κ1) is 10.6. The third-order valence-corrected chi connectivity index (χ3v) is 2.57. The molecule has 1 rings (SSSR count). The van der Waals surface area contributed by atoms with Gasteiger partial charge in [0.2, 0.25) is 5.41 Å². The van der Waals surface area contributed by atoms with Crippen molar-refractivity contribution in [3.63, 3.8) is 0 Å². The largest absolute Gasteiger partial charge is 0.480 e. The highest BCUT2D eigenvalue weighted by Crippen LogP contribution is 2.33. The molecule has 0 heterocycles. The molecule has 0 aromatic heterocycles. The van der Waals surface area contributed by atoms with Gasteiger partial charge < -0.3 is 5.11 Å². The van der Waals surface area contributed by atoms with Crippen LogP contribution in [0.1, 0.15) is 25.7 Å². The molecular weight excluding hydrogens is 188 g/mol. The Balaban J connectivity index is 3.07. The van der Waals surface area contributed by atoms with E-state index in [1.165, 1.54) is 0 Å². The quantitative estimate of drug-likeness (QED) is 0.234. The zero-order chi connectivity index (χ0) is 10.8. The monoisotopic (exact) mass is 200 g/mol. The van der Waals surface area contributed by atoms with Crippen molar-refractivity contribution in [3.05, 3.63) is 0 Å². The Bertz CT molecular complexity index is 279. The molecule has 1 aliphatic carbocycles. The van der Waals surface area contributed by atoms with Crippen LogP contribution in [0.3, 0.4) is 0 Å². The molecule has 1 fully saturated rings. The molecule has 1 aliphatic rings. The maximum absolute atomic E-state index is 11.5. The van der Waals surface area contributed by atoms with Crippen LogP contribution < -0.4 is 11.3 Å². The summed E-state index contributed by atoms with van der Waals surface area (Å²) in [5, 5.41) is 8.92. The topological polar surface area (TPSA) is 109 Å². The normalized spacial score (nSPS) is 27.1. The number of rotatable bonds is 2. The highest BCUT2D eigenvalue weighted by atomic mass is 16.4. The molecule has 0 saturated heterocycles. The van der Waals surface area contributed by atoms with Crippen LogP contribution in [0.15, 0.2) is 0 Å². The highest BCUT2D eigenvalue weighted by Gasteiger charge is 2.53. The maximum atomic E-state index is 11.5. The summed E-state index contributed by atoms with van der Waals surface area (Å²) in [5.41, 5.74) is -0.205. The van der Waals surface area contributed by atoms with Gasteiger partial charge in [0.1, 0.15) is 0 Å². The Morgan fingerprint density at radius 1 is 1.43 bits per heavy atom. The number of hydrazine groups is 1. The van der Waals surface area contributed by atoms with Crippen molar-refractivity contribution in [2.45, 2.75) is 25.7 Å². The summed E-state index contributed by atoms with van der Waals surface area (Å²) in [5.74, 6) is 1.98. The second-order valence-electron chi connectivity index (χ2n) is 3.31. The van der Waals surface area contributed by atoms with Crippen molar-refractivity contribution >= 4 is 17.7 Å². The predicted molar refractivity (Wildman–Crippen MR) is 45.9 cm³/mol. The van der Waals surface area contributed by atoms with Crippen molar-refractivity contribution in [1.82, 2.24) is 5.43 Å². The van der Waals surface area contributed by atoms with E-state index in [1.54, 1.807) is 5.43 Å². The lowest BCUT2D eigenvalue weighted by molar-refractivity contribution is -0.162. The van der Waals surface area contributed by atoms with Gasteiger partial charge in [-0.2, -0.15) is 0 Å². The second-order valence-corrected chi connectivity index (χ2v) is 3.31. The molecule has 1 unspecified atom stereocenters. The van der Waals surface area contributed by atoms with Crippen LogP contribution in [0.4, 0.5) is 0 Å². The van der Waals surface area contributed by atoms with Gasteiger partial charge in [0.15, 0.2) is 5.78 Å². The third kappa shape index (κ3) is 1.37. The summed E-state index contributed by atoms with van der Waals surface area (Å²) >= 11 is 0. The van der Waals surface area contributed by atoms with Gasteiger partial charge in [0.05, 0.1) is 0 Å². The second kappa shape index (κ2) is 3.75. The van der Waals surface area contributed by atoms with Crippen LogP contribution >= 0.6 is 0 Å². The summed E-state index contributed by atoms with van der Waals surface area (Å²) < 4.78 is 0. The lowest BCUT2D eigenvalue weighted by Crippen LogP contribution is -2.55. The van der Waals surface area contributed by atoms with Crippen LogP contribution in [0.2, 0.25) is 0 Å². The number of carboxylic acid groups (broad SMARTS) is 1. The first-order valence-electron chi connectivity index (χ1n) is 4.33. The van der Waals surface area contributed by atoms with Crippen LogP contribution in [-0.2, 0) is 14.4 Å². The van der Waals surface area contributed by atoms with Gasteiger partial charge in [-0.3, -0.25) is 19.8 Å². The molecule has 0 aromatic carbocycles. The van der Waals surface area contributed by atoms with Gasteiger partial charge >= 0.3 is 5.97 Å². The SMILES string of the molecule is NNC(=O)C1(C(=O)O)CCCCC1=O. The maximum Gasteiger partial charge on any atom is 0.326 e. The van der Waals surface area contributed by atoms with E-state index in [2.05, 4.69) is 0 Å². The minimum absolute atomic E-state index is 0.0319. The third-order valence-electron chi connectivity index (χ3n) is 2.57. The molecule has 0 aliphatic heterocycles. The van der Waals surface area contributed by atoms with Gasteiger partial charge in [-0.25, -0.2) is 5.84 Å². The molecule has 6 heteroatoms. The Hall–Kier alpha value is -1.43. The van der Waals surface area contributed by atoms with E-state index < -0.39 is 23.1 Å². The molecule has 0 aromatic rings. The first-order chi connectivity index (χ1) is 6.55. The zero-order valence-corrected chi connectivity index (χ0v) is 7.58. The van der Waals surface area contributed by atoms with Crippen LogP contribution in [0.25, 0.3) is 0 Å². The summed E-state index contributed by atoms with van der Waals surface area (Å²) in [6.07, 6.45) is 1.33. The van der Waals surface area contributed by atoms with Gasteiger partial charge in [-0.1, -0.05) is 6.42 Å². The summed E-state index contributed by atoms with van der Waals surface area (Å²) in [6.45, 7) is 0. The number of carboxylic acids is 1. The van der Waals surface area contributed by atoms with Crippen molar-refractivity contribution in [2.24, 2.45) is 11.3 Å². The number of hydrogen-bond acceptors (Lipinski definition) is 4. The van der Waals surface area contributed by atoms with Gasteiger partial charge in [-0.05, 0) is 12.8 Å². The molecule has 78 valence electrons. The van der Waals surface area contributed by atoms with Crippen molar-refractivity contribution in [1.29, 1.82) is 0 Å². The molecular formula is C8H12N2O4. The minimum atomic E-state index is -1.95. The molecule has 0 bridgehead atoms. The van der Waals surface area contributed by atoms with E-state index in [-0.39, 0.29) is 12.8 Å². The van der Waals surface area contributed by atoms with Crippen LogP contribution in [0, 0.1) is 5.41 Å². The van der Waals surface area contributed by atoms with E-state index in [1.807, 2.05) is 0 Å². The molecule has 1 amide bonds. The predicted octanol–water partition coefficient (Wildman–Crippen LogP) is -0.810. The molecule has 0 radical (unpaired) electrons. The first-order valence-corrected chi connectivity index (χ1v) is 4.33. The number of ketones is 1. The number of carbonyl (C=O) groups is 3. The van der Waals surface area contributed by atoms with Gasteiger partial charge in [-0.15, -0.1) is 0 Å². The lowest BCUT2D eigenvalue weighted by atomic mass is 9.72. The number of hydrogen-bond donors (Lipinski definition) is 3. The van der Waals surface area contributed by atoms with Gasteiger partial charge in [0.25, 0.3) is 5.91 Å². The molecule has 1 atom stereocenters. The number of nitrogens with one attached hydrogen (secondary N) is 1. The Morgan fingerprint density at radius 2 is 2.07 bits per heavy atom. The number of nitrogens with two attached hydrogens (primary N) is 1. The lowest BCUT2D eigenvalue weighted by Gasteiger charge is -2.29. The summed E-state index contributed by atoms with van der Waals surface area (Å²) in [7, 11) is 0. The molecule has 0 spiro atoms. The number of amides is 1. The minimum Gasteiger partial charge on any atom is -0.480 e. The average Bonchev–Trinajstić information content (AvgIpc) is 2.17.